The Hall–Kier alpha value is -1.88. The Morgan fingerprint density at radius 3 is 2.70 bits per heavy atom. The van der Waals surface area contributed by atoms with E-state index in [-0.39, 0.29) is 29.9 Å². The molecule has 0 spiro atoms. The summed E-state index contributed by atoms with van der Waals surface area (Å²) in [4.78, 5) is 21.6. The summed E-state index contributed by atoms with van der Waals surface area (Å²) in [5, 5.41) is 9.40. The van der Waals surface area contributed by atoms with Gasteiger partial charge in [-0.25, -0.2) is 9.98 Å². The van der Waals surface area contributed by atoms with Gasteiger partial charge in [0.15, 0.2) is 5.96 Å². The van der Waals surface area contributed by atoms with E-state index in [1.807, 2.05) is 38.1 Å². The number of hydrogen-bond acceptors (Lipinski definition) is 5. The maximum absolute atomic E-state index is 12.1. The number of carbonyl (C=O) groups is 1. The number of aliphatic imine (C=N–C) groups is 1. The van der Waals surface area contributed by atoms with Crippen LogP contribution in [0.2, 0.25) is 0 Å². The van der Waals surface area contributed by atoms with Crippen LogP contribution >= 0.6 is 35.3 Å². The van der Waals surface area contributed by atoms with E-state index in [1.54, 1.807) is 5.51 Å². The molecule has 1 saturated carbocycles. The SMILES string of the molecule is CCNC(=NCc1ccccc1OCC1CC1)NCCNC(=O)c1scnc1C.I. The number of ether oxygens (including phenoxy) is 1. The van der Waals surface area contributed by atoms with Crippen LogP contribution in [-0.2, 0) is 6.54 Å². The maximum atomic E-state index is 12.1. The van der Waals surface area contributed by atoms with Crippen molar-refractivity contribution in [3.63, 3.8) is 0 Å². The van der Waals surface area contributed by atoms with Crippen molar-refractivity contribution in [3.05, 3.63) is 45.9 Å². The number of para-hydroxylation sites is 1. The lowest BCUT2D eigenvalue weighted by molar-refractivity contribution is 0.0957. The fraction of sp³-hybridized carbons (Fsp3) is 0.476. The zero-order chi connectivity index (χ0) is 20.5. The molecule has 9 heteroatoms. The lowest BCUT2D eigenvalue weighted by atomic mass is 10.2. The molecule has 1 aliphatic rings. The Morgan fingerprint density at radius 2 is 2.00 bits per heavy atom. The van der Waals surface area contributed by atoms with Gasteiger partial charge in [-0.15, -0.1) is 35.3 Å². The van der Waals surface area contributed by atoms with E-state index in [2.05, 4.69) is 25.9 Å². The molecule has 0 bridgehead atoms. The number of guanidine groups is 1. The molecule has 0 atom stereocenters. The molecular weight excluding hydrogens is 513 g/mol. The summed E-state index contributed by atoms with van der Waals surface area (Å²) >= 11 is 1.36. The summed E-state index contributed by atoms with van der Waals surface area (Å²) in [6.07, 6.45) is 2.54. The fourth-order valence-electron chi connectivity index (χ4n) is 2.73. The summed E-state index contributed by atoms with van der Waals surface area (Å²) < 4.78 is 5.96. The molecule has 1 aliphatic carbocycles. The number of halogens is 1. The van der Waals surface area contributed by atoms with E-state index in [9.17, 15) is 4.79 Å². The molecule has 30 heavy (non-hydrogen) atoms. The van der Waals surface area contributed by atoms with Crippen LogP contribution in [0.3, 0.4) is 0 Å². The monoisotopic (exact) mass is 543 g/mol. The minimum Gasteiger partial charge on any atom is -0.493 e. The lowest BCUT2D eigenvalue weighted by Gasteiger charge is -2.13. The number of benzene rings is 1. The normalized spacial score (nSPS) is 13.3. The molecule has 1 aromatic heterocycles. The van der Waals surface area contributed by atoms with E-state index < -0.39 is 0 Å². The van der Waals surface area contributed by atoms with Crippen LogP contribution in [0.5, 0.6) is 5.75 Å². The first-order valence-electron chi connectivity index (χ1n) is 10.1. The quantitative estimate of drug-likeness (QED) is 0.185. The number of aryl methyl sites for hydroxylation is 1. The first-order chi connectivity index (χ1) is 14.2. The summed E-state index contributed by atoms with van der Waals surface area (Å²) in [6, 6.07) is 8.05. The van der Waals surface area contributed by atoms with Crippen molar-refractivity contribution < 1.29 is 9.53 Å². The molecule has 0 saturated heterocycles. The van der Waals surface area contributed by atoms with Crippen molar-refractivity contribution in [2.45, 2.75) is 33.2 Å². The smallest absolute Gasteiger partial charge is 0.263 e. The van der Waals surface area contributed by atoms with E-state index in [4.69, 9.17) is 4.74 Å². The van der Waals surface area contributed by atoms with Gasteiger partial charge < -0.3 is 20.7 Å². The summed E-state index contributed by atoms with van der Waals surface area (Å²) in [7, 11) is 0. The Balaban J connectivity index is 0.00000320. The average molecular weight is 543 g/mol. The van der Waals surface area contributed by atoms with Crippen LogP contribution in [0.4, 0.5) is 0 Å². The molecule has 1 amide bonds. The second-order valence-corrected chi connectivity index (χ2v) is 7.86. The van der Waals surface area contributed by atoms with Gasteiger partial charge in [-0.1, -0.05) is 18.2 Å². The van der Waals surface area contributed by atoms with Gasteiger partial charge in [-0.05, 0) is 38.7 Å². The zero-order valence-corrected chi connectivity index (χ0v) is 20.6. The Morgan fingerprint density at radius 1 is 1.23 bits per heavy atom. The van der Waals surface area contributed by atoms with Crippen molar-refractivity contribution in [2.75, 3.05) is 26.2 Å². The summed E-state index contributed by atoms with van der Waals surface area (Å²) in [5.74, 6) is 2.25. The third kappa shape index (κ3) is 7.75. The van der Waals surface area contributed by atoms with Crippen LogP contribution in [0, 0.1) is 12.8 Å². The van der Waals surface area contributed by atoms with Crippen molar-refractivity contribution in [1.82, 2.24) is 20.9 Å². The number of nitrogens with one attached hydrogen (secondary N) is 3. The second kappa shape index (κ2) is 12.7. The molecule has 3 rings (SSSR count). The van der Waals surface area contributed by atoms with E-state index in [0.717, 1.165) is 36.1 Å². The zero-order valence-electron chi connectivity index (χ0n) is 17.4. The van der Waals surface area contributed by atoms with Gasteiger partial charge in [-0.3, -0.25) is 4.79 Å². The Bertz CT molecular complexity index is 838. The van der Waals surface area contributed by atoms with Gasteiger partial charge >= 0.3 is 0 Å². The standard InChI is InChI=1S/C21H29N5O2S.HI/c1-3-22-21(24-11-10-23-20(27)19-15(2)26-14-29-19)25-12-17-6-4-5-7-18(17)28-13-16-8-9-16;/h4-7,14,16H,3,8-13H2,1-2H3,(H,23,27)(H2,22,24,25);1H. The van der Waals surface area contributed by atoms with Crippen LogP contribution in [0.1, 0.15) is 40.7 Å². The number of hydrogen-bond donors (Lipinski definition) is 3. The third-order valence-electron chi connectivity index (χ3n) is 4.55. The van der Waals surface area contributed by atoms with E-state index in [1.165, 1.54) is 24.2 Å². The predicted octanol–water partition coefficient (Wildman–Crippen LogP) is 3.34. The average Bonchev–Trinajstić information content (AvgIpc) is 3.46. The second-order valence-electron chi connectivity index (χ2n) is 7.01. The fourth-order valence-corrected chi connectivity index (χ4v) is 3.45. The maximum Gasteiger partial charge on any atom is 0.263 e. The molecule has 1 heterocycles. The molecule has 3 N–H and O–H groups in total. The van der Waals surface area contributed by atoms with E-state index >= 15 is 0 Å². The largest absolute Gasteiger partial charge is 0.493 e. The number of nitrogens with zero attached hydrogens (tertiary/aromatic N) is 2. The highest BCUT2D eigenvalue weighted by molar-refractivity contribution is 14.0. The van der Waals surface area contributed by atoms with E-state index in [0.29, 0.717) is 30.5 Å². The number of carbonyl (C=O) groups excluding carboxylic acids is 1. The first kappa shape index (κ1) is 24.4. The summed E-state index contributed by atoms with van der Waals surface area (Å²) in [6.45, 7) is 7.03. The number of rotatable bonds is 10. The molecule has 0 aliphatic heterocycles. The number of thiazole rings is 1. The Labute approximate surface area is 199 Å². The first-order valence-corrected chi connectivity index (χ1v) is 11.0. The molecule has 2 aromatic rings. The summed E-state index contributed by atoms with van der Waals surface area (Å²) in [5.41, 5.74) is 3.52. The number of amides is 1. The Kier molecular flexibility index (Phi) is 10.4. The number of aromatic nitrogens is 1. The molecule has 1 fully saturated rings. The minimum absolute atomic E-state index is 0. The van der Waals surface area contributed by atoms with Crippen molar-refractivity contribution >= 4 is 47.2 Å². The van der Waals surface area contributed by atoms with Gasteiger partial charge in [0.05, 0.1) is 24.4 Å². The predicted molar refractivity (Wildman–Crippen MR) is 132 cm³/mol. The molecule has 0 radical (unpaired) electrons. The van der Waals surface area contributed by atoms with Gasteiger partial charge in [0.2, 0.25) is 0 Å². The van der Waals surface area contributed by atoms with Crippen molar-refractivity contribution in [1.29, 1.82) is 0 Å². The molecular formula is C21H30IN5O2S. The van der Waals surface area contributed by atoms with Gasteiger partial charge in [0.1, 0.15) is 10.6 Å². The highest BCUT2D eigenvalue weighted by Crippen LogP contribution is 2.30. The van der Waals surface area contributed by atoms with Gasteiger partial charge in [0, 0.05) is 25.2 Å². The van der Waals surface area contributed by atoms with Crippen LogP contribution in [0.25, 0.3) is 0 Å². The topological polar surface area (TPSA) is 87.6 Å². The van der Waals surface area contributed by atoms with Gasteiger partial charge in [0.25, 0.3) is 5.91 Å². The third-order valence-corrected chi connectivity index (χ3v) is 5.48. The van der Waals surface area contributed by atoms with Crippen LogP contribution < -0.4 is 20.7 Å². The van der Waals surface area contributed by atoms with Crippen LogP contribution in [-0.4, -0.2) is 43.1 Å². The minimum atomic E-state index is -0.0875. The molecule has 1 aromatic carbocycles. The van der Waals surface area contributed by atoms with Crippen LogP contribution in [0.15, 0.2) is 34.8 Å². The molecule has 7 nitrogen and oxygen atoms in total. The van der Waals surface area contributed by atoms with Crippen molar-refractivity contribution in [2.24, 2.45) is 10.9 Å². The molecule has 0 unspecified atom stereocenters. The van der Waals surface area contributed by atoms with Gasteiger partial charge in [-0.2, -0.15) is 0 Å². The lowest BCUT2D eigenvalue weighted by Crippen LogP contribution is -2.41. The molecule has 164 valence electrons. The highest BCUT2D eigenvalue weighted by atomic mass is 127. The van der Waals surface area contributed by atoms with Crippen molar-refractivity contribution in [3.8, 4) is 5.75 Å². The highest BCUT2D eigenvalue weighted by Gasteiger charge is 2.22.